The maximum atomic E-state index is 5.20. The Morgan fingerprint density at radius 1 is 0.174 bits per heavy atom. The SMILES string of the molecule is CC1(C)c2ccccc2-c2cc3c4ccccc4n(-c4cccc(-c5nc(-c6ccccc6)cc(-c6ccccc6)n5)c4)c3cc21.CC1(C)c2ccccc2-c2cc3c4ccccc4n(-c4nccc(-c5ccc(-c6cccc(-c7ccccc7)c6)cc5)n4)c3cc21.CC1(C)c2ccccc2-c2cc3c4ccccc4n(-c4nccc(-c5cccc(-c6ccc(-c7ccccc7)cc6)c5)n4)c3cc21. The van der Waals surface area contributed by atoms with Crippen LogP contribution in [0, 0.1) is 0 Å². The van der Waals surface area contributed by atoms with E-state index in [1.807, 2.05) is 36.7 Å². The first-order valence-electron chi connectivity index (χ1n) is 47.5. The number of aromatic nitrogens is 9. The highest BCUT2D eigenvalue weighted by molar-refractivity contribution is 6.14. The Bertz CT molecular complexity index is 8890. The van der Waals surface area contributed by atoms with E-state index in [1.54, 1.807) is 0 Å². The summed E-state index contributed by atoms with van der Waals surface area (Å²) in [6.07, 6.45) is 3.76. The smallest absolute Gasteiger partial charge is 0.235 e. The molecular formula is C129H93N9. The third-order valence-corrected chi connectivity index (χ3v) is 29.0. The van der Waals surface area contributed by atoms with Gasteiger partial charge in [-0.1, -0.05) is 387 Å². The van der Waals surface area contributed by atoms with Crippen molar-refractivity contribution in [3.63, 3.8) is 0 Å². The van der Waals surface area contributed by atoms with Gasteiger partial charge in [0.1, 0.15) is 0 Å². The fraction of sp³-hybridized carbons (Fsp3) is 0.0698. The number of fused-ring (bicyclic) bond motifs is 18. The minimum atomic E-state index is -0.0934. The van der Waals surface area contributed by atoms with Gasteiger partial charge in [-0.3, -0.25) is 9.13 Å². The van der Waals surface area contributed by atoms with Gasteiger partial charge < -0.3 is 4.57 Å². The molecule has 0 unspecified atom stereocenters. The average Bonchev–Trinajstić information content (AvgIpc) is 1.56. The molecule has 6 heterocycles. The van der Waals surface area contributed by atoms with Crippen LogP contribution in [0.2, 0.25) is 0 Å². The molecule has 0 saturated heterocycles. The lowest BCUT2D eigenvalue weighted by Crippen LogP contribution is -2.15. The molecule has 3 aliphatic carbocycles. The second kappa shape index (κ2) is 33.1. The molecule has 18 aromatic carbocycles. The molecule has 0 atom stereocenters. The van der Waals surface area contributed by atoms with Crippen LogP contribution in [0.1, 0.15) is 74.9 Å². The Hall–Kier alpha value is -17.4. The van der Waals surface area contributed by atoms with Crippen LogP contribution >= 0.6 is 0 Å². The van der Waals surface area contributed by atoms with Gasteiger partial charge in [0.15, 0.2) is 5.82 Å². The summed E-state index contributed by atoms with van der Waals surface area (Å²) < 4.78 is 6.88. The lowest BCUT2D eigenvalue weighted by atomic mass is 9.82. The molecule has 0 saturated carbocycles. The third kappa shape index (κ3) is 14.0. The lowest BCUT2D eigenvalue weighted by molar-refractivity contribution is 0.660. The molecule has 0 spiro atoms. The molecule has 654 valence electrons. The van der Waals surface area contributed by atoms with Crippen LogP contribution in [0.25, 0.3) is 217 Å². The molecule has 0 bridgehead atoms. The normalized spacial score (nSPS) is 13.2. The number of hydrogen-bond acceptors (Lipinski definition) is 6. The maximum absolute atomic E-state index is 5.20. The summed E-state index contributed by atoms with van der Waals surface area (Å²) in [7, 11) is 0. The zero-order valence-corrected chi connectivity index (χ0v) is 77.3. The largest absolute Gasteiger partial charge is 0.309 e. The van der Waals surface area contributed by atoms with E-state index in [-0.39, 0.29) is 16.2 Å². The minimum Gasteiger partial charge on any atom is -0.309 e. The minimum absolute atomic E-state index is 0.0805. The predicted octanol–water partition coefficient (Wildman–Crippen LogP) is 32.6. The van der Waals surface area contributed by atoms with Gasteiger partial charge in [0.2, 0.25) is 11.9 Å². The van der Waals surface area contributed by atoms with Gasteiger partial charge in [-0.2, -0.15) is 0 Å². The Kier molecular flexibility index (Phi) is 19.8. The maximum Gasteiger partial charge on any atom is 0.235 e. The van der Waals surface area contributed by atoms with Crippen molar-refractivity contribution in [2.75, 3.05) is 0 Å². The van der Waals surface area contributed by atoms with Gasteiger partial charge >= 0.3 is 0 Å². The van der Waals surface area contributed by atoms with E-state index in [1.165, 1.54) is 149 Å². The van der Waals surface area contributed by atoms with Crippen molar-refractivity contribution in [3.8, 4) is 152 Å². The molecule has 0 radical (unpaired) electrons. The van der Waals surface area contributed by atoms with Crippen molar-refractivity contribution < 1.29 is 0 Å². The Morgan fingerprint density at radius 3 is 0.899 bits per heavy atom. The Morgan fingerprint density at radius 2 is 0.471 bits per heavy atom. The fourth-order valence-corrected chi connectivity index (χ4v) is 22.0. The van der Waals surface area contributed by atoms with Gasteiger partial charge in [0.05, 0.1) is 55.9 Å². The summed E-state index contributed by atoms with van der Waals surface area (Å²) in [4.78, 5) is 30.3. The van der Waals surface area contributed by atoms with Crippen LogP contribution in [0.3, 0.4) is 0 Å². The van der Waals surface area contributed by atoms with Gasteiger partial charge in [0, 0.05) is 94.5 Å². The van der Waals surface area contributed by atoms with E-state index in [4.69, 9.17) is 29.9 Å². The first-order valence-corrected chi connectivity index (χ1v) is 47.5. The molecule has 0 fully saturated rings. The van der Waals surface area contributed by atoms with Gasteiger partial charge in [-0.25, -0.2) is 29.9 Å². The van der Waals surface area contributed by atoms with E-state index in [0.29, 0.717) is 17.7 Å². The van der Waals surface area contributed by atoms with E-state index in [2.05, 4.69) is 474 Å². The molecule has 0 amide bonds. The Labute approximate surface area is 801 Å². The summed E-state index contributed by atoms with van der Waals surface area (Å²) >= 11 is 0. The number of para-hydroxylation sites is 3. The first-order chi connectivity index (χ1) is 67.7. The zero-order chi connectivity index (χ0) is 92.5. The predicted molar refractivity (Wildman–Crippen MR) is 571 cm³/mol. The number of benzene rings is 18. The highest BCUT2D eigenvalue weighted by Gasteiger charge is 2.40. The molecule has 3 aliphatic rings. The van der Waals surface area contributed by atoms with Gasteiger partial charge in [0.25, 0.3) is 0 Å². The fourth-order valence-electron chi connectivity index (χ4n) is 22.0. The number of nitrogens with zero attached hydrogens (tertiary/aromatic N) is 9. The highest BCUT2D eigenvalue weighted by atomic mass is 15.2. The number of rotatable bonds is 12. The van der Waals surface area contributed by atoms with Gasteiger partial charge in [-0.15, -0.1) is 0 Å². The summed E-state index contributed by atoms with van der Waals surface area (Å²) in [6.45, 7) is 14.0. The van der Waals surface area contributed by atoms with Crippen LogP contribution in [0.15, 0.2) is 455 Å². The standard InChI is InChI=1S/3C43H31N3/c1-43(2)36-22-11-9-20-32(36)34-25-35-33-21-10-12-23-40(33)46(41(35)26-37(34)43)31-19-13-18-30(24-31)42-44-38(28-14-5-3-6-15-28)27-39(45-42)29-16-7-4-8-17-29;1-43(2)37-17-8-6-15-33(37)35-26-36-34-16-7-9-18-40(34)46(41(36)27-38(35)43)42-44-24-23-39(45-42)30-21-19-29(20-22-30)32-14-10-13-31(25-32)28-11-4-3-5-12-28;1-43(2)37-17-8-6-15-33(37)35-26-36-34-16-7-9-18-40(34)46(41(36)27-38(35)43)42-44-24-23-39(45-42)32-14-10-13-31(25-32)30-21-19-29(20-22-30)28-11-4-3-5-12-28/h3*3-27H,1-2H3. The molecule has 0 N–H and O–H groups in total. The highest BCUT2D eigenvalue weighted by Crippen LogP contribution is 2.55. The third-order valence-electron chi connectivity index (χ3n) is 29.0. The summed E-state index contributed by atoms with van der Waals surface area (Å²) in [5, 5.41) is 7.37. The summed E-state index contributed by atoms with van der Waals surface area (Å²) in [5.74, 6) is 2.06. The van der Waals surface area contributed by atoms with Crippen molar-refractivity contribution in [3.05, 3.63) is 489 Å². The van der Waals surface area contributed by atoms with Crippen molar-refractivity contribution in [1.29, 1.82) is 0 Å². The van der Waals surface area contributed by atoms with Crippen molar-refractivity contribution in [1.82, 2.24) is 43.6 Å². The van der Waals surface area contributed by atoms with Crippen LogP contribution < -0.4 is 0 Å². The van der Waals surface area contributed by atoms with E-state index < -0.39 is 0 Å². The topological polar surface area (TPSA) is 92.1 Å². The van der Waals surface area contributed by atoms with E-state index in [9.17, 15) is 0 Å². The Balaban J connectivity index is 0.000000110. The van der Waals surface area contributed by atoms with Crippen molar-refractivity contribution in [2.24, 2.45) is 0 Å². The van der Waals surface area contributed by atoms with Crippen LogP contribution in [-0.2, 0) is 16.2 Å². The quantitative estimate of drug-likeness (QED) is 0.121. The molecular weight excluding hydrogens is 1680 g/mol. The molecule has 6 aromatic heterocycles. The lowest BCUT2D eigenvalue weighted by Gasteiger charge is -2.21. The summed E-state index contributed by atoms with van der Waals surface area (Å²) in [6, 6.07) is 158. The molecule has 0 aliphatic heterocycles. The number of hydrogen-bond donors (Lipinski definition) is 0. The van der Waals surface area contributed by atoms with Gasteiger partial charge in [-0.05, 0) is 208 Å². The van der Waals surface area contributed by atoms with Crippen molar-refractivity contribution >= 4 is 65.4 Å². The van der Waals surface area contributed by atoms with Crippen molar-refractivity contribution in [2.45, 2.75) is 57.8 Å². The molecule has 9 heteroatoms. The summed E-state index contributed by atoms with van der Waals surface area (Å²) in [5.41, 5.74) is 42.3. The van der Waals surface area contributed by atoms with Crippen LogP contribution in [0.4, 0.5) is 0 Å². The second-order valence-corrected chi connectivity index (χ2v) is 38.1. The van der Waals surface area contributed by atoms with E-state index >= 15 is 0 Å². The molecule has 24 aromatic rings. The molecule has 138 heavy (non-hydrogen) atoms. The second-order valence-electron chi connectivity index (χ2n) is 38.1. The van der Waals surface area contributed by atoms with Crippen LogP contribution in [-0.4, -0.2) is 43.6 Å². The first kappa shape index (κ1) is 82.5. The molecule has 9 nitrogen and oxygen atoms in total. The average molecular weight is 1770 g/mol. The zero-order valence-electron chi connectivity index (χ0n) is 77.3. The monoisotopic (exact) mass is 1770 g/mol. The van der Waals surface area contributed by atoms with E-state index in [0.717, 1.165) is 83.9 Å². The molecule has 27 rings (SSSR count). The van der Waals surface area contributed by atoms with Crippen LogP contribution in [0.5, 0.6) is 0 Å².